The Bertz CT molecular complexity index is 1070. The molecule has 162 valence electrons. The van der Waals surface area contributed by atoms with E-state index in [-0.39, 0.29) is 18.4 Å². The zero-order chi connectivity index (χ0) is 21.6. The molecule has 1 fully saturated rings. The number of ether oxygens (including phenoxy) is 1. The van der Waals surface area contributed by atoms with Gasteiger partial charge in [0.15, 0.2) is 10.9 Å². The Labute approximate surface area is 188 Å². The Morgan fingerprint density at radius 1 is 1.10 bits per heavy atom. The van der Waals surface area contributed by atoms with Crippen LogP contribution in [0.25, 0.3) is 10.8 Å². The van der Waals surface area contributed by atoms with Crippen molar-refractivity contribution in [2.24, 2.45) is 0 Å². The number of hydrogen-bond acceptors (Lipinski definition) is 8. The van der Waals surface area contributed by atoms with Gasteiger partial charge in [-0.3, -0.25) is 9.59 Å². The van der Waals surface area contributed by atoms with E-state index < -0.39 is 0 Å². The fourth-order valence-corrected chi connectivity index (χ4v) is 4.99. The molecule has 0 aliphatic carbocycles. The van der Waals surface area contributed by atoms with Crippen LogP contribution >= 0.6 is 23.1 Å². The van der Waals surface area contributed by atoms with Gasteiger partial charge in [0.1, 0.15) is 5.75 Å². The molecule has 2 aromatic carbocycles. The lowest BCUT2D eigenvalue weighted by Crippen LogP contribution is -2.50. The summed E-state index contributed by atoms with van der Waals surface area (Å²) >= 11 is 2.84. The maximum atomic E-state index is 12.6. The quantitative estimate of drug-likeness (QED) is 0.545. The van der Waals surface area contributed by atoms with Gasteiger partial charge in [0.2, 0.25) is 11.0 Å². The second-order valence-corrected chi connectivity index (χ2v) is 9.16. The molecule has 0 atom stereocenters. The van der Waals surface area contributed by atoms with Gasteiger partial charge in [0, 0.05) is 33.2 Å². The number of piperazine rings is 1. The molecule has 1 N–H and O–H groups in total. The lowest BCUT2D eigenvalue weighted by Gasteiger charge is -2.34. The number of thioether (sulfide) groups is 1. The van der Waals surface area contributed by atoms with Crippen LogP contribution in [-0.2, 0) is 9.59 Å². The first kappa shape index (κ1) is 21.4. The zero-order valence-corrected chi connectivity index (χ0v) is 18.7. The highest BCUT2D eigenvalue weighted by atomic mass is 32.2. The smallest absolute Gasteiger partial charge is 0.260 e. The van der Waals surface area contributed by atoms with Crippen molar-refractivity contribution >= 4 is 50.8 Å². The van der Waals surface area contributed by atoms with Crippen molar-refractivity contribution in [1.29, 1.82) is 0 Å². The van der Waals surface area contributed by atoms with Gasteiger partial charge in [-0.05, 0) is 22.9 Å². The van der Waals surface area contributed by atoms with Gasteiger partial charge in [-0.1, -0.05) is 53.4 Å². The molecule has 4 rings (SSSR count). The number of rotatable bonds is 7. The summed E-state index contributed by atoms with van der Waals surface area (Å²) in [5.74, 6) is 0.956. The molecule has 3 aromatic rings. The Morgan fingerprint density at radius 2 is 1.87 bits per heavy atom. The Kier molecular flexibility index (Phi) is 6.88. The average molecular weight is 458 g/mol. The molecule has 10 heteroatoms. The van der Waals surface area contributed by atoms with Gasteiger partial charge in [-0.2, -0.15) is 0 Å². The molecular weight excluding hydrogens is 434 g/mol. The molecule has 0 spiro atoms. The highest BCUT2D eigenvalue weighted by Crippen LogP contribution is 2.28. The predicted octanol–water partition coefficient (Wildman–Crippen LogP) is 2.26. The number of hydrogen-bond donors (Lipinski definition) is 1. The van der Waals surface area contributed by atoms with E-state index in [1.54, 1.807) is 7.05 Å². The largest absolute Gasteiger partial charge is 0.484 e. The normalized spacial score (nSPS) is 14.0. The zero-order valence-electron chi connectivity index (χ0n) is 17.1. The highest BCUT2D eigenvalue weighted by Gasteiger charge is 2.23. The van der Waals surface area contributed by atoms with Gasteiger partial charge in [-0.15, -0.1) is 10.2 Å². The van der Waals surface area contributed by atoms with E-state index in [1.807, 2.05) is 47.4 Å². The molecule has 0 saturated carbocycles. The van der Waals surface area contributed by atoms with Crippen molar-refractivity contribution in [3.05, 3.63) is 42.5 Å². The summed E-state index contributed by atoms with van der Waals surface area (Å²) in [6, 6.07) is 13.9. The monoisotopic (exact) mass is 457 g/mol. The molecular formula is C21H23N5O3S2. The summed E-state index contributed by atoms with van der Waals surface area (Å²) in [7, 11) is 1.61. The van der Waals surface area contributed by atoms with Crippen LogP contribution in [0.5, 0.6) is 5.75 Å². The van der Waals surface area contributed by atoms with Crippen LogP contribution in [0.3, 0.4) is 0 Å². The fourth-order valence-electron chi connectivity index (χ4n) is 3.23. The number of amides is 2. The molecule has 0 radical (unpaired) electrons. The summed E-state index contributed by atoms with van der Waals surface area (Å²) in [4.78, 5) is 27.9. The van der Waals surface area contributed by atoms with E-state index in [2.05, 4.69) is 20.4 Å². The number of fused-ring (bicyclic) bond motifs is 1. The Balaban J connectivity index is 1.25. The minimum Gasteiger partial charge on any atom is -0.484 e. The number of benzene rings is 2. The molecule has 31 heavy (non-hydrogen) atoms. The molecule has 1 aliphatic rings. The van der Waals surface area contributed by atoms with Crippen molar-refractivity contribution < 1.29 is 14.3 Å². The third-order valence-corrected chi connectivity index (χ3v) is 7.10. The molecule has 1 aliphatic heterocycles. The predicted molar refractivity (Wildman–Crippen MR) is 123 cm³/mol. The van der Waals surface area contributed by atoms with Crippen LogP contribution in [-0.4, -0.2) is 72.5 Å². The lowest BCUT2D eigenvalue weighted by atomic mass is 10.1. The molecule has 2 amide bonds. The molecule has 1 aromatic heterocycles. The summed E-state index contributed by atoms with van der Waals surface area (Å²) in [6.07, 6.45) is 0. The van der Waals surface area contributed by atoms with Crippen LogP contribution in [0.1, 0.15) is 0 Å². The maximum Gasteiger partial charge on any atom is 0.260 e. The van der Waals surface area contributed by atoms with E-state index >= 15 is 0 Å². The van der Waals surface area contributed by atoms with Crippen molar-refractivity contribution in [3.8, 4) is 5.75 Å². The van der Waals surface area contributed by atoms with E-state index in [4.69, 9.17) is 4.74 Å². The second kappa shape index (κ2) is 9.97. The number of carbonyl (C=O) groups excluding carboxylic acids is 2. The first-order valence-electron chi connectivity index (χ1n) is 9.93. The van der Waals surface area contributed by atoms with Gasteiger partial charge < -0.3 is 19.9 Å². The summed E-state index contributed by atoms with van der Waals surface area (Å²) in [5, 5.41) is 14.0. The van der Waals surface area contributed by atoms with Gasteiger partial charge in [-0.25, -0.2) is 0 Å². The van der Waals surface area contributed by atoms with Crippen LogP contribution < -0.4 is 15.0 Å². The van der Waals surface area contributed by atoms with Crippen LogP contribution in [0.15, 0.2) is 46.8 Å². The number of nitrogens with zero attached hydrogens (tertiary/aromatic N) is 4. The van der Waals surface area contributed by atoms with E-state index in [0.717, 1.165) is 20.2 Å². The topological polar surface area (TPSA) is 87.7 Å². The maximum absolute atomic E-state index is 12.6. The Morgan fingerprint density at radius 3 is 2.65 bits per heavy atom. The van der Waals surface area contributed by atoms with Gasteiger partial charge >= 0.3 is 0 Å². The lowest BCUT2D eigenvalue weighted by molar-refractivity contribution is -0.133. The van der Waals surface area contributed by atoms with Crippen LogP contribution in [0.4, 0.5) is 5.13 Å². The van der Waals surface area contributed by atoms with Gasteiger partial charge in [0.25, 0.3) is 5.91 Å². The first-order valence-corrected chi connectivity index (χ1v) is 11.7. The molecule has 0 bridgehead atoms. The van der Waals surface area contributed by atoms with E-state index in [0.29, 0.717) is 37.7 Å². The SMILES string of the molecule is CNC(=O)CSc1nnc(N2CCN(C(=O)COc3ccc4ccccc4c3)CC2)s1. The molecule has 1 saturated heterocycles. The van der Waals surface area contributed by atoms with Crippen LogP contribution in [0, 0.1) is 0 Å². The molecule has 0 unspecified atom stereocenters. The number of carbonyl (C=O) groups is 2. The number of aromatic nitrogens is 2. The minimum atomic E-state index is -0.0419. The minimum absolute atomic E-state index is 0.0214. The Hall–Kier alpha value is -2.85. The highest BCUT2D eigenvalue weighted by molar-refractivity contribution is 8.01. The summed E-state index contributed by atoms with van der Waals surface area (Å²) < 4.78 is 6.50. The number of anilines is 1. The third kappa shape index (κ3) is 5.45. The third-order valence-electron chi connectivity index (χ3n) is 4.99. The molecule has 8 nitrogen and oxygen atoms in total. The van der Waals surface area contributed by atoms with Crippen molar-refractivity contribution in [2.45, 2.75) is 4.34 Å². The van der Waals surface area contributed by atoms with Crippen LogP contribution in [0.2, 0.25) is 0 Å². The fraction of sp³-hybridized carbons (Fsp3) is 0.333. The van der Waals surface area contributed by atoms with E-state index in [1.165, 1.54) is 23.1 Å². The van der Waals surface area contributed by atoms with E-state index in [9.17, 15) is 9.59 Å². The standard InChI is InChI=1S/C21H23N5O3S2/c1-22-18(27)14-30-21-24-23-20(31-21)26-10-8-25(9-11-26)19(28)13-29-17-7-6-15-4-2-3-5-16(15)12-17/h2-7,12H,8-11,13-14H2,1H3,(H,22,27). The molecule has 2 heterocycles. The first-order chi connectivity index (χ1) is 15.1. The van der Waals surface area contributed by atoms with Gasteiger partial charge in [0.05, 0.1) is 5.75 Å². The van der Waals surface area contributed by atoms with Crippen molar-refractivity contribution in [1.82, 2.24) is 20.4 Å². The van der Waals surface area contributed by atoms with Crippen molar-refractivity contribution in [2.75, 3.05) is 50.5 Å². The second-order valence-electron chi connectivity index (χ2n) is 6.98. The number of nitrogens with one attached hydrogen (secondary N) is 1. The summed E-state index contributed by atoms with van der Waals surface area (Å²) in [6.45, 7) is 2.63. The van der Waals surface area contributed by atoms with Crippen molar-refractivity contribution in [3.63, 3.8) is 0 Å². The average Bonchev–Trinajstić information content (AvgIpc) is 3.30. The summed E-state index contributed by atoms with van der Waals surface area (Å²) in [5.41, 5.74) is 0.